The summed E-state index contributed by atoms with van der Waals surface area (Å²) in [5.41, 5.74) is 1.20. The number of methoxy groups -OCH3 is 1. The van der Waals surface area contributed by atoms with E-state index in [1.54, 1.807) is 18.2 Å². The summed E-state index contributed by atoms with van der Waals surface area (Å²) in [7, 11) is 1.54. The predicted octanol–water partition coefficient (Wildman–Crippen LogP) is 4.95. The van der Waals surface area contributed by atoms with E-state index in [0.717, 1.165) is 0 Å². The van der Waals surface area contributed by atoms with E-state index in [0.29, 0.717) is 27.3 Å². The van der Waals surface area contributed by atoms with Gasteiger partial charge < -0.3 is 15.4 Å². The molecule has 0 amide bonds. The van der Waals surface area contributed by atoms with Gasteiger partial charge in [0.05, 0.1) is 22.8 Å². The molecular weight excluding hydrogens is 334 g/mol. The van der Waals surface area contributed by atoms with Crippen LogP contribution in [0.2, 0.25) is 10.0 Å². The van der Waals surface area contributed by atoms with Crippen LogP contribution in [0.4, 0.5) is 15.8 Å². The molecule has 0 radical (unpaired) electrons. The molecule has 0 aliphatic carbocycles. The second kappa shape index (κ2) is 6.93. The van der Waals surface area contributed by atoms with Gasteiger partial charge in [-0.3, -0.25) is 0 Å². The molecule has 2 aromatic carbocycles. The number of hydrogen-bond donors (Lipinski definition) is 2. The van der Waals surface area contributed by atoms with Crippen molar-refractivity contribution >= 4 is 51.9 Å². The van der Waals surface area contributed by atoms with Gasteiger partial charge in [-0.25, -0.2) is 4.39 Å². The number of anilines is 2. The number of rotatable bonds is 3. The molecule has 0 aliphatic heterocycles. The maximum Gasteiger partial charge on any atom is 0.175 e. The monoisotopic (exact) mass is 344 g/mol. The van der Waals surface area contributed by atoms with E-state index in [1.165, 1.54) is 25.3 Å². The maximum atomic E-state index is 13.0. The molecule has 3 nitrogen and oxygen atoms in total. The number of hydrogen-bond acceptors (Lipinski definition) is 2. The molecule has 0 spiro atoms. The summed E-state index contributed by atoms with van der Waals surface area (Å²) in [5.74, 6) is 0.161. The van der Waals surface area contributed by atoms with Crippen LogP contribution in [0, 0.1) is 5.82 Å². The first-order chi connectivity index (χ1) is 9.99. The first kappa shape index (κ1) is 15.8. The van der Waals surface area contributed by atoms with E-state index >= 15 is 0 Å². The Balaban J connectivity index is 2.06. The standard InChI is InChI=1S/C14H11Cl2FN2OS/c1-20-13-5-3-9(7-11(13)16)18-14(21)19-12-4-2-8(17)6-10(12)15/h2-7H,1H3,(H2,18,19,21). The molecule has 0 unspecified atom stereocenters. The molecule has 0 aromatic heterocycles. The third kappa shape index (κ3) is 4.20. The predicted molar refractivity (Wildman–Crippen MR) is 89.3 cm³/mol. The second-order valence-corrected chi connectivity index (χ2v) is 5.28. The summed E-state index contributed by atoms with van der Waals surface area (Å²) in [6.07, 6.45) is 0. The maximum absolute atomic E-state index is 13.0. The molecule has 2 rings (SSSR count). The molecule has 21 heavy (non-hydrogen) atoms. The minimum atomic E-state index is -0.411. The van der Waals surface area contributed by atoms with E-state index in [2.05, 4.69) is 10.6 Å². The smallest absolute Gasteiger partial charge is 0.175 e. The zero-order valence-electron chi connectivity index (χ0n) is 10.9. The minimum absolute atomic E-state index is 0.243. The highest BCUT2D eigenvalue weighted by atomic mass is 35.5. The molecule has 2 aromatic rings. The van der Waals surface area contributed by atoms with Crippen molar-refractivity contribution in [1.82, 2.24) is 0 Å². The van der Waals surface area contributed by atoms with Crippen molar-refractivity contribution < 1.29 is 9.13 Å². The van der Waals surface area contributed by atoms with Gasteiger partial charge in [0.25, 0.3) is 0 Å². The Labute approximate surface area is 137 Å². The van der Waals surface area contributed by atoms with E-state index in [9.17, 15) is 4.39 Å². The second-order valence-electron chi connectivity index (χ2n) is 4.05. The highest BCUT2D eigenvalue weighted by molar-refractivity contribution is 7.80. The number of ether oxygens (including phenoxy) is 1. The molecule has 110 valence electrons. The van der Waals surface area contributed by atoms with Gasteiger partial charge in [0.2, 0.25) is 0 Å². The van der Waals surface area contributed by atoms with Crippen molar-refractivity contribution in [2.75, 3.05) is 17.7 Å². The van der Waals surface area contributed by atoms with Crippen LogP contribution in [0.5, 0.6) is 5.75 Å². The molecule has 0 saturated carbocycles. The Kier molecular flexibility index (Phi) is 5.22. The van der Waals surface area contributed by atoms with Crippen LogP contribution < -0.4 is 15.4 Å². The topological polar surface area (TPSA) is 33.3 Å². The molecule has 0 heterocycles. The van der Waals surface area contributed by atoms with Crippen LogP contribution in [0.1, 0.15) is 0 Å². The Morgan fingerprint density at radius 3 is 2.48 bits per heavy atom. The molecule has 0 bridgehead atoms. The van der Waals surface area contributed by atoms with Crippen LogP contribution in [0.15, 0.2) is 36.4 Å². The number of benzene rings is 2. The van der Waals surface area contributed by atoms with Gasteiger partial charge >= 0.3 is 0 Å². The Morgan fingerprint density at radius 2 is 1.86 bits per heavy atom. The zero-order valence-corrected chi connectivity index (χ0v) is 13.2. The summed E-state index contributed by atoms with van der Waals surface area (Å²) in [4.78, 5) is 0. The van der Waals surface area contributed by atoms with Crippen LogP contribution in [-0.2, 0) is 0 Å². The van der Waals surface area contributed by atoms with Crippen LogP contribution in [0.25, 0.3) is 0 Å². The van der Waals surface area contributed by atoms with Crippen molar-refractivity contribution in [3.63, 3.8) is 0 Å². The molecule has 0 saturated heterocycles. The Bertz CT molecular complexity index is 682. The normalized spacial score (nSPS) is 10.1. The largest absolute Gasteiger partial charge is 0.495 e. The third-order valence-corrected chi connectivity index (χ3v) is 3.40. The van der Waals surface area contributed by atoms with Crippen LogP contribution >= 0.6 is 35.4 Å². The first-order valence-electron chi connectivity index (χ1n) is 5.86. The van der Waals surface area contributed by atoms with Crippen LogP contribution in [-0.4, -0.2) is 12.2 Å². The summed E-state index contributed by atoms with van der Waals surface area (Å²) >= 11 is 17.1. The molecule has 7 heteroatoms. The minimum Gasteiger partial charge on any atom is -0.495 e. The molecular formula is C14H11Cl2FN2OS. The van der Waals surface area contributed by atoms with Gasteiger partial charge in [-0.15, -0.1) is 0 Å². The lowest BCUT2D eigenvalue weighted by atomic mass is 10.3. The van der Waals surface area contributed by atoms with Crippen molar-refractivity contribution in [3.8, 4) is 5.75 Å². The summed E-state index contributed by atoms with van der Waals surface area (Å²) < 4.78 is 18.0. The van der Waals surface area contributed by atoms with E-state index in [1.807, 2.05) is 0 Å². The number of nitrogens with one attached hydrogen (secondary N) is 2. The fraction of sp³-hybridized carbons (Fsp3) is 0.0714. The highest BCUT2D eigenvalue weighted by Crippen LogP contribution is 2.27. The average Bonchev–Trinajstić information content (AvgIpc) is 2.42. The van der Waals surface area contributed by atoms with Gasteiger partial charge in [0.15, 0.2) is 5.11 Å². The SMILES string of the molecule is COc1ccc(NC(=S)Nc2ccc(F)cc2Cl)cc1Cl. The van der Waals surface area contributed by atoms with Crippen LogP contribution in [0.3, 0.4) is 0 Å². The quantitative estimate of drug-likeness (QED) is 0.771. The molecule has 0 aliphatic rings. The summed E-state index contributed by atoms with van der Waals surface area (Å²) in [5, 5.41) is 6.85. The lowest BCUT2D eigenvalue weighted by Gasteiger charge is -2.12. The molecule has 0 fully saturated rings. The number of halogens is 3. The fourth-order valence-corrected chi connectivity index (χ4v) is 2.32. The third-order valence-electron chi connectivity index (χ3n) is 2.59. The fourth-order valence-electron chi connectivity index (χ4n) is 1.62. The van der Waals surface area contributed by atoms with Gasteiger partial charge in [0.1, 0.15) is 11.6 Å². The number of thiocarbonyl (C=S) groups is 1. The van der Waals surface area contributed by atoms with Gasteiger partial charge in [-0.1, -0.05) is 23.2 Å². The average molecular weight is 345 g/mol. The van der Waals surface area contributed by atoms with Gasteiger partial charge in [-0.05, 0) is 48.6 Å². The highest BCUT2D eigenvalue weighted by Gasteiger charge is 2.06. The van der Waals surface area contributed by atoms with Crippen molar-refractivity contribution in [2.45, 2.75) is 0 Å². The lowest BCUT2D eigenvalue weighted by Crippen LogP contribution is -2.19. The first-order valence-corrected chi connectivity index (χ1v) is 7.02. The van der Waals surface area contributed by atoms with Crippen molar-refractivity contribution in [3.05, 3.63) is 52.3 Å². The van der Waals surface area contributed by atoms with Crippen molar-refractivity contribution in [1.29, 1.82) is 0 Å². The lowest BCUT2D eigenvalue weighted by molar-refractivity contribution is 0.415. The van der Waals surface area contributed by atoms with E-state index in [-0.39, 0.29) is 5.02 Å². The summed E-state index contributed by atoms with van der Waals surface area (Å²) in [6.45, 7) is 0. The molecule has 2 N–H and O–H groups in total. The van der Waals surface area contributed by atoms with Crippen molar-refractivity contribution in [2.24, 2.45) is 0 Å². The summed E-state index contributed by atoms with van der Waals surface area (Å²) in [6, 6.07) is 9.17. The Morgan fingerprint density at radius 1 is 1.10 bits per heavy atom. The Hall–Kier alpha value is -1.56. The van der Waals surface area contributed by atoms with Gasteiger partial charge in [-0.2, -0.15) is 0 Å². The zero-order chi connectivity index (χ0) is 15.4. The van der Waals surface area contributed by atoms with E-state index < -0.39 is 5.82 Å². The van der Waals surface area contributed by atoms with E-state index in [4.69, 9.17) is 40.2 Å². The molecule has 0 atom stereocenters. The van der Waals surface area contributed by atoms with Gasteiger partial charge in [0, 0.05) is 5.69 Å².